The molecule has 2 aromatic heterocycles. The Labute approximate surface area is 150 Å². The average Bonchev–Trinajstić information content (AvgIpc) is 3.06. The second-order valence-electron chi connectivity index (χ2n) is 5.13. The summed E-state index contributed by atoms with van der Waals surface area (Å²) in [7, 11) is -2.39. The minimum atomic E-state index is -3.73. The van der Waals surface area contributed by atoms with Gasteiger partial charge in [-0.1, -0.05) is 41.9 Å². The lowest BCUT2D eigenvalue weighted by molar-refractivity contribution is 0.587. The lowest BCUT2D eigenvalue weighted by Gasteiger charge is -2.09. The van der Waals surface area contributed by atoms with E-state index in [-0.39, 0.29) is 15.7 Å². The number of benzene rings is 1. The molecule has 0 atom stereocenters. The van der Waals surface area contributed by atoms with Gasteiger partial charge in [0.25, 0.3) is 0 Å². The van der Waals surface area contributed by atoms with Crippen LogP contribution in [0.3, 0.4) is 0 Å². The molecule has 0 aliphatic rings. The van der Waals surface area contributed by atoms with Gasteiger partial charge in [-0.3, -0.25) is 0 Å². The van der Waals surface area contributed by atoms with Crippen molar-refractivity contribution in [2.45, 2.75) is 18.4 Å². The molecule has 2 heterocycles. The molecule has 0 amide bonds. The molecule has 0 spiro atoms. The van der Waals surface area contributed by atoms with Crippen LogP contribution in [-0.4, -0.2) is 35.2 Å². The van der Waals surface area contributed by atoms with Crippen molar-refractivity contribution in [1.29, 1.82) is 0 Å². The summed E-state index contributed by atoms with van der Waals surface area (Å²) in [6.45, 7) is 2.39. The molecule has 7 nitrogen and oxygen atoms in total. The summed E-state index contributed by atoms with van der Waals surface area (Å²) in [5.41, 5.74) is 0.995. The van der Waals surface area contributed by atoms with E-state index in [1.54, 1.807) is 4.68 Å². The fourth-order valence-corrected chi connectivity index (χ4v) is 3.36. The molecule has 3 rings (SSSR count). The lowest BCUT2D eigenvalue weighted by Crippen LogP contribution is -2.20. The van der Waals surface area contributed by atoms with Crippen LogP contribution in [0.5, 0.6) is 0 Å². The van der Waals surface area contributed by atoms with E-state index < -0.39 is 10.0 Å². The summed E-state index contributed by atoms with van der Waals surface area (Å²) in [5, 5.41) is 4.64. The fraction of sp³-hybridized carbons (Fsp3) is 0.188. The highest BCUT2D eigenvalue weighted by atomic mass is 35.5. The predicted molar refractivity (Wildman–Crippen MR) is 95.6 cm³/mol. The van der Waals surface area contributed by atoms with Crippen molar-refractivity contribution in [2.24, 2.45) is 0 Å². The monoisotopic (exact) mass is 377 g/mol. The van der Waals surface area contributed by atoms with E-state index in [1.807, 2.05) is 37.3 Å². The number of sulfonamides is 1. The third-order valence-electron chi connectivity index (χ3n) is 3.60. The summed E-state index contributed by atoms with van der Waals surface area (Å²) in [6.07, 6.45) is 0. The first-order chi connectivity index (χ1) is 12.0. The summed E-state index contributed by atoms with van der Waals surface area (Å²) >= 11 is 6.00. The number of nitrogens with zero attached hydrogens (tertiary/aromatic N) is 4. The maximum atomic E-state index is 12.3. The zero-order valence-electron chi connectivity index (χ0n) is 13.6. The quantitative estimate of drug-likeness (QED) is 0.690. The molecule has 0 bridgehead atoms. The number of hydrogen-bond acceptors (Lipinski definition) is 5. The van der Waals surface area contributed by atoms with Crippen LogP contribution < -0.4 is 4.72 Å². The van der Waals surface area contributed by atoms with Gasteiger partial charge in [0.15, 0.2) is 11.6 Å². The maximum Gasteiger partial charge on any atom is 0.242 e. The van der Waals surface area contributed by atoms with Crippen LogP contribution in [0.1, 0.15) is 6.92 Å². The zero-order valence-corrected chi connectivity index (χ0v) is 15.2. The molecule has 3 aromatic rings. The van der Waals surface area contributed by atoms with Crippen molar-refractivity contribution < 1.29 is 8.42 Å². The highest BCUT2D eigenvalue weighted by Crippen LogP contribution is 2.28. The van der Waals surface area contributed by atoms with Gasteiger partial charge in [-0.2, -0.15) is 5.10 Å². The molecular weight excluding hydrogens is 362 g/mol. The number of aryl methyl sites for hydroxylation is 1. The molecule has 0 fully saturated rings. The lowest BCUT2D eigenvalue weighted by atomic mass is 10.2. The highest BCUT2D eigenvalue weighted by molar-refractivity contribution is 7.89. The summed E-state index contributed by atoms with van der Waals surface area (Å²) in [4.78, 5) is 8.71. The van der Waals surface area contributed by atoms with E-state index in [9.17, 15) is 8.42 Å². The molecule has 0 saturated carbocycles. The molecular formula is C16H16ClN5O2S. The van der Waals surface area contributed by atoms with Crippen molar-refractivity contribution in [2.75, 3.05) is 7.05 Å². The minimum Gasteiger partial charge on any atom is -0.244 e. The van der Waals surface area contributed by atoms with Gasteiger partial charge >= 0.3 is 0 Å². The number of aromatic nitrogens is 4. The molecule has 0 radical (unpaired) electrons. The number of rotatable bonds is 5. The molecule has 1 N–H and O–H groups in total. The van der Waals surface area contributed by atoms with E-state index in [1.165, 1.54) is 19.2 Å². The van der Waals surface area contributed by atoms with E-state index >= 15 is 0 Å². The number of hydrogen-bond donors (Lipinski definition) is 1. The normalized spacial score (nSPS) is 11.6. The summed E-state index contributed by atoms with van der Waals surface area (Å²) in [5.74, 6) is 0.838. The van der Waals surface area contributed by atoms with Crippen LogP contribution in [0, 0.1) is 0 Å². The van der Waals surface area contributed by atoms with Crippen molar-refractivity contribution in [3.05, 3.63) is 47.6 Å². The molecule has 0 aliphatic carbocycles. The predicted octanol–water partition coefficient (Wildman–Crippen LogP) is 2.59. The first-order valence-corrected chi connectivity index (χ1v) is 9.43. The molecule has 0 unspecified atom stereocenters. The van der Waals surface area contributed by atoms with E-state index in [0.717, 1.165) is 5.56 Å². The molecule has 0 aliphatic heterocycles. The van der Waals surface area contributed by atoms with Gasteiger partial charge < -0.3 is 0 Å². The average molecular weight is 378 g/mol. The van der Waals surface area contributed by atoms with Crippen LogP contribution in [0.4, 0.5) is 0 Å². The van der Waals surface area contributed by atoms with Crippen LogP contribution >= 0.6 is 11.6 Å². The first-order valence-electron chi connectivity index (χ1n) is 7.57. The van der Waals surface area contributed by atoms with Crippen LogP contribution in [-0.2, 0) is 16.6 Å². The topological polar surface area (TPSA) is 89.8 Å². The minimum absolute atomic E-state index is 0.00103. The van der Waals surface area contributed by atoms with Crippen molar-refractivity contribution >= 4 is 21.6 Å². The van der Waals surface area contributed by atoms with Crippen LogP contribution in [0.15, 0.2) is 47.4 Å². The Morgan fingerprint density at radius 1 is 1.12 bits per heavy atom. The largest absolute Gasteiger partial charge is 0.244 e. The summed E-state index contributed by atoms with van der Waals surface area (Å²) < 4.78 is 28.6. The Balaban J connectivity index is 2.24. The number of nitrogens with one attached hydrogen (secondary N) is 1. The number of pyridine rings is 1. The second-order valence-corrected chi connectivity index (χ2v) is 7.37. The Kier molecular flexibility index (Phi) is 4.85. The van der Waals surface area contributed by atoms with Crippen molar-refractivity contribution in [1.82, 2.24) is 24.5 Å². The van der Waals surface area contributed by atoms with Crippen molar-refractivity contribution in [3.63, 3.8) is 0 Å². The molecule has 9 heteroatoms. The Morgan fingerprint density at radius 2 is 1.84 bits per heavy atom. The highest BCUT2D eigenvalue weighted by Gasteiger charge is 2.24. The first kappa shape index (κ1) is 17.5. The zero-order chi connectivity index (χ0) is 18.0. The Bertz CT molecular complexity index is 1000. The number of halogens is 1. The Morgan fingerprint density at radius 3 is 2.48 bits per heavy atom. The third kappa shape index (κ3) is 3.41. The van der Waals surface area contributed by atoms with Crippen LogP contribution in [0.2, 0.25) is 5.15 Å². The van der Waals surface area contributed by atoms with Crippen LogP contribution in [0.25, 0.3) is 22.9 Å². The smallest absolute Gasteiger partial charge is 0.242 e. The van der Waals surface area contributed by atoms with E-state index in [4.69, 9.17) is 11.6 Å². The second kappa shape index (κ2) is 6.91. The standard InChI is InChI=1S/C16H16ClN5O2S/c1-3-22-16(20-15(21-22)11-7-5-4-6-8-11)14-12(25(23,24)18-2)9-10-13(17)19-14/h4-10,18H,3H2,1-2H3. The van der Waals surface area contributed by atoms with E-state index in [2.05, 4.69) is 19.8 Å². The van der Waals surface area contributed by atoms with Gasteiger partial charge in [-0.25, -0.2) is 27.8 Å². The summed E-state index contributed by atoms with van der Waals surface area (Å²) in [6, 6.07) is 12.3. The maximum absolute atomic E-state index is 12.3. The van der Waals surface area contributed by atoms with E-state index in [0.29, 0.717) is 18.2 Å². The van der Waals surface area contributed by atoms with Gasteiger partial charge in [0.2, 0.25) is 10.0 Å². The molecule has 1 aromatic carbocycles. The van der Waals surface area contributed by atoms with Gasteiger partial charge in [-0.05, 0) is 26.1 Å². The van der Waals surface area contributed by atoms with Gasteiger partial charge in [-0.15, -0.1) is 0 Å². The van der Waals surface area contributed by atoms with Gasteiger partial charge in [0, 0.05) is 12.1 Å². The Hall–Kier alpha value is -2.29. The van der Waals surface area contributed by atoms with Gasteiger partial charge in [0.1, 0.15) is 15.7 Å². The third-order valence-corrected chi connectivity index (χ3v) is 5.25. The van der Waals surface area contributed by atoms with Crippen molar-refractivity contribution in [3.8, 4) is 22.9 Å². The molecule has 130 valence electrons. The molecule has 25 heavy (non-hydrogen) atoms. The molecule has 0 saturated heterocycles. The SMILES string of the molecule is CCn1nc(-c2ccccc2)nc1-c1nc(Cl)ccc1S(=O)(=O)NC. The van der Waals surface area contributed by atoms with Gasteiger partial charge in [0.05, 0.1) is 0 Å². The fourth-order valence-electron chi connectivity index (χ4n) is 2.36.